The van der Waals surface area contributed by atoms with Gasteiger partial charge in [0.1, 0.15) is 11.6 Å². The second-order valence-electron chi connectivity index (χ2n) is 12.8. The molecule has 0 saturated carbocycles. The van der Waals surface area contributed by atoms with Gasteiger partial charge < -0.3 is 0 Å². The van der Waals surface area contributed by atoms with Gasteiger partial charge in [-0.2, -0.15) is 0 Å². The average molecular weight is 626 g/mol. The van der Waals surface area contributed by atoms with Crippen LogP contribution in [0.1, 0.15) is 11.1 Å². The second kappa shape index (κ2) is 9.96. The highest BCUT2D eigenvalue weighted by molar-refractivity contribution is 6.23. The van der Waals surface area contributed by atoms with Gasteiger partial charge in [-0.05, 0) is 83.3 Å². The molecule has 0 N–H and O–H groups in total. The Morgan fingerprint density at radius 1 is 0.510 bits per heavy atom. The van der Waals surface area contributed by atoms with E-state index < -0.39 is 0 Å². The molecule has 11 rings (SSSR count). The molecular formula is C44H27N5. The molecule has 5 heterocycles. The largest absolute Gasteiger partial charge is 0.292 e. The van der Waals surface area contributed by atoms with E-state index in [1.807, 2.05) is 18.3 Å². The van der Waals surface area contributed by atoms with Crippen molar-refractivity contribution >= 4 is 71.6 Å². The molecule has 0 radical (unpaired) electrons. The lowest BCUT2D eigenvalue weighted by Gasteiger charge is -2.13. The van der Waals surface area contributed by atoms with Crippen molar-refractivity contribution in [1.82, 2.24) is 24.1 Å². The number of pyridine rings is 3. The molecule has 228 valence electrons. The van der Waals surface area contributed by atoms with Gasteiger partial charge in [-0.25, -0.2) is 9.97 Å². The SMILES string of the molecule is C1=Cc2c(cccc2-c2ccc3ccc(-n4c5ccccc5c5ccc6c7ccccc7n(-c7ccc8ncccc8n7)c6c54)nc3c2)C1. The maximum atomic E-state index is 5.41. The van der Waals surface area contributed by atoms with E-state index in [1.54, 1.807) is 0 Å². The zero-order valence-electron chi connectivity index (χ0n) is 26.4. The first-order chi connectivity index (χ1) is 24.3. The van der Waals surface area contributed by atoms with E-state index in [1.165, 1.54) is 43.8 Å². The summed E-state index contributed by atoms with van der Waals surface area (Å²) in [5.74, 6) is 1.74. The van der Waals surface area contributed by atoms with Crippen LogP contribution in [0.3, 0.4) is 0 Å². The minimum Gasteiger partial charge on any atom is -0.292 e. The monoisotopic (exact) mass is 625 g/mol. The van der Waals surface area contributed by atoms with Crippen molar-refractivity contribution < 1.29 is 0 Å². The standard InChI is InChI=1S/C44H27N5/c1-3-15-39-32(10-1)34-20-21-35-33-11-2-4-16-40(33)49(42-24-22-36-37(46-42)14-7-25-45-36)44(35)43(34)48(39)41-23-19-28-17-18-29(26-38(28)47-41)31-13-6-9-27-8-5-12-30(27)31/h1-7,9-26H,8H2. The van der Waals surface area contributed by atoms with E-state index in [4.69, 9.17) is 9.97 Å². The second-order valence-corrected chi connectivity index (χ2v) is 12.8. The Balaban J connectivity index is 1.24. The van der Waals surface area contributed by atoms with Crippen molar-refractivity contribution in [3.05, 3.63) is 157 Å². The molecule has 0 spiro atoms. The molecule has 5 aromatic heterocycles. The molecule has 5 aromatic carbocycles. The molecule has 1 aliphatic rings. The number of hydrogen-bond acceptors (Lipinski definition) is 3. The fourth-order valence-corrected chi connectivity index (χ4v) is 7.99. The zero-order valence-corrected chi connectivity index (χ0v) is 26.4. The van der Waals surface area contributed by atoms with Crippen molar-refractivity contribution in [2.24, 2.45) is 0 Å². The van der Waals surface area contributed by atoms with Gasteiger partial charge in [0.25, 0.3) is 0 Å². The van der Waals surface area contributed by atoms with E-state index >= 15 is 0 Å². The summed E-state index contributed by atoms with van der Waals surface area (Å²) in [5.41, 5.74) is 12.3. The van der Waals surface area contributed by atoms with Crippen LogP contribution in [0.5, 0.6) is 0 Å². The third-order valence-electron chi connectivity index (χ3n) is 10.2. The van der Waals surface area contributed by atoms with Gasteiger partial charge in [-0.15, -0.1) is 0 Å². The summed E-state index contributed by atoms with van der Waals surface area (Å²) < 4.78 is 4.66. The summed E-state index contributed by atoms with van der Waals surface area (Å²) in [6.45, 7) is 0. The fourth-order valence-electron chi connectivity index (χ4n) is 7.99. The smallest absolute Gasteiger partial charge is 0.138 e. The Morgan fingerprint density at radius 3 is 1.98 bits per heavy atom. The summed E-state index contributed by atoms with van der Waals surface area (Å²) >= 11 is 0. The first kappa shape index (κ1) is 26.5. The lowest BCUT2D eigenvalue weighted by molar-refractivity contribution is 1.08. The number of nitrogens with zero attached hydrogens (tertiary/aromatic N) is 5. The van der Waals surface area contributed by atoms with Crippen LogP contribution < -0.4 is 0 Å². The van der Waals surface area contributed by atoms with Crippen LogP contribution in [0.25, 0.3) is 94.4 Å². The van der Waals surface area contributed by atoms with Crippen LogP contribution in [0, 0.1) is 0 Å². The average Bonchev–Trinajstić information content (AvgIpc) is 3.87. The van der Waals surface area contributed by atoms with Gasteiger partial charge in [0.05, 0.1) is 38.6 Å². The molecule has 49 heavy (non-hydrogen) atoms. The van der Waals surface area contributed by atoms with Gasteiger partial charge in [0, 0.05) is 33.1 Å². The van der Waals surface area contributed by atoms with E-state index in [2.05, 4.69) is 148 Å². The normalized spacial score (nSPS) is 12.7. The van der Waals surface area contributed by atoms with Crippen molar-refractivity contribution in [2.75, 3.05) is 0 Å². The number of fused-ring (bicyclic) bond motifs is 10. The van der Waals surface area contributed by atoms with Crippen molar-refractivity contribution in [3.63, 3.8) is 0 Å². The highest BCUT2D eigenvalue weighted by Crippen LogP contribution is 2.41. The lowest BCUT2D eigenvalue weighted by Crippen LogP contribution is -2.02. The summed E-state index contributed by atoms with van der Waals surface area (Å²) in [4.78, 5) is 15.1. The molecule has 1 aliphatic carbocycles. The molecule has 0 aliphatic heterocycles. The van der Waals surface area contributed by atoms with Gasteiger partial charge in [0.15, 0.2) is 0 Å². The molecule has 0 saturated heterocycles. The molecule has 0 bridgehead atoms. The third-order valence-corrected chi connectivity index (χ3v) is 10.2. The van der Waals surface area contributed by atoms with Crippen molar-refractivity contribution in [3.8, 4) is 22.8 Å². The minimum absolute atomic E-state index is 0.858. The van der Waals surface area contributed by atoms with Crippen LogP contribution in [0.15, 0.2) is 146 Å². The first-order valence-corrected chi connectivity index (χ1v) is 16.7. The minimum atomic E-state index is 0.858. The van der Waals surface area contributed by atoms with Crippen LogP contribution in [0.2, 0.25) is 0 Å². The maximum Gasteiger partial charge on any atom is 0.138 e. The molecule has 0 unspecified atom stereocenters. The Hall–Kier alpha value is -6.59. The topological polar surface area (TPSA) is 48.5 Å². The van der Waals surface area contributed by atoms with E-state index in [-0.39, 0.29) is 0 Å². The van der Waals surface area contributed by atoms with E-state index in [0.29, 0.717) is 0 Å². The number of para-hydroxylation sites is 2. The number of aromatic nitrogens is 5. The number of rotatable bonds is 3. The molecule has 5 nitrogen and oxygen atoms in total. The van der Waals surface area contributed by atoms with Crippen LogP contribution in [-0.2, 0) is 6.42 Å². The summed E-state index contributed by atoms with van der Waals surface area (Å²) in [6.07, 6.45) is 7.30. The quantitative estimate of drug-likeness (QED) is 0.196. The van der Waals surface area contributed by atoms with Crippen LogP contribution in [-0.4, -0.2) is 24.1 Å². The summed E-state index contributed by atoms with van der Waals surface area (Å²) in [7, 11) is 0. The number of benzene rings is 5. The van der Waals surface area contributed by atoms with E-state index in [0.717, 1.165) is 62.1 Å². The third kappa shape index (κ3) is 3.78. The van der Waals surface area contributed by atoms with Gasteiger partial charge in [-0.3, -0.25) is 14.1 Å². The van der Waals surface area contributed by atoms with Gasteiger partial charge in [0.2, 0.25) is 0 Å². The van der Waals surface area contributed by atoms with Crippen molar-refractivity contribution in [1.29, 1.82) is 0 Å². The zero-order chi connectivity index (χ0) is 32.1. The van der Waals surface area contributed by atoms with Crippen molar-refractivity contribution in [2.45, 2.75) is 6.42 Å². The lowest BCUT2D eigenvalue weighted by atomic mass is 9.96. The van der Waals surface area contributed by atoms with Crippen LogP contribution >= 0.6 is 0 Å². The Bertz CT molecular complexity index is 3030. The highest BCUT2D eigenvalue weighted by Gasteiger charge is 2.22. The molecule has 10 aromatic rings. The predicted molar refractivity (Wildman–Crippen MR) is 202 cm³/mol. The highest BCUT2D eigenvalue weighted by atomic mass is 15.1. The predicted octanol–water partition coefficient (Wildman–Crippen LogP) is 10.6. The van der Waals surface area contributed by atoms with Crippen LogP contribution in [0.4, 0.5) is 0 Å². The van der Waals surface area contributed by atoms with Gasteiger partial charge >= 0.3 is 0 Å². The molecule has 5 heteroatoms. The number of allylic oxidation sites excluding steroid dienone is 1. The Morgan fingerprint density at radius 2 is 1.20 bits per heavy atom. The molecular weight excluding hydrogens is 599 g/mol. The molecule has 0 fully saturated rings. The Labute approximate surface area is 281 Å². The molecule has 0 amide bonds. The first-order valence-electron chi connectivity index (χ1n) is 16.7. The Kier molecular flexibility index (Phi) is 5.38. The van der Waals surface area contributed by atoms with Gasteiger partial charge in [-0.1, -0.05) is 91.0 Å². The fraction of sp³-hybridized carbons (Fsp3) is 0.0227. The summed E-state index contributed by atoms with van der Waals surface area (Å²) in [6, 6.07) is 47.6. The maximum absolute atomic E-state index is 5.41. The summed E-state index contributed by atoms with van der Waals surface area (Å²) in [5, 5.41) is 5.84. The number of hydrogen-bond donors (Lipinski definition) is 0. The molecule has 0 atom stereocenters. The van der Waals surface area contributed by atoms with E-state index in [9.17, 15) is 0 Å².